The summed E-state index contributed by atoms with van der Waals surface area (Å²) in [5.41, 5.74) is 5.64. The number of nitrogens with two attached hydrogens (primary N) is 1. The fraction of sp³-hybridized carbons (Fsp3) is 1.00. The average molecular weight is 702 g/mol. The van der Waals surface area contributed by atoms with Crippen molar-refractivity contribution >= 4 is 0 Å². The van der Waals surface area contributed by atoms with Crippen molar-refractivity contribution < 1.29 is 93.7 Å². The second kappa shape index (κ2) is 15.0. The third-order valence-electron chi connectivity index (χ3n) is 9.91. The van der Waals surface area contributed by atoms with Crippen LogP contribution in [-0.2, 0) is 42.6 Å². The lowest BCUT2D eigenvalue weighted by Gasteiger charge is -2.51. The molecule has 0 aromatic heterocycles. The van der Waals surface area contributed by atoms with Crippen LogP contribution in [-0.4, -0.2) is 206 Å². The predicted octanol–water partition coefficient (Wildman–Crippen LogP) is -7.16. The van der Waals surface area contributed by atoms with Gasteiger partial charge in [-0.3, -0.25) is 0 Å². The van der Waals surface area contributed by atoms with E-state index < -0.39 is 136 Å². The van der Waals surface area contributed by atoms with Gasteiger partial charge in [-0.05, 0) is 19.4 Å². The molecule has 0 spiro atoms. The van der Waals surface area contributed by atoms with E-state index in [2.05, 4.69) is 0 Å². The van der Waals surface area contributed by atoms with Crippen molar-refractivity contribution in [3.63, 3.8) is 0 Å². The van der Waals surface area contributed by atoms with Gasteiger partial charge in [0.15, 0.2) is 24.7 Å². The van der Waals surface area contributed by atoms with Crippen molar-refractivity contribution in [3.05, 3.63) is 0 Å². The molecule has 6 fully saturated rings. The second-order valence-corrected chi connectivity index (χ2v) is 13.0. The summed E-state index contributed by atoms with van der Waals surface area (Å²) >= 11 is 0. The zero-order valence-electron chi connectivity index (χ0n) is 25.9. The molecule has 6 aliphatic heterocycles. The first-order valence-electron chi connectivity index (χ1n) is 16.2. The summed E-state index contributed by atoms with van der Waals surface area (Å²) < 4.78 is 52.0. The van der Waals surface area contributed by atoms with E-state index in [-0.39, 0.29) is 19.6 Å². The number of rotatable bonds is 12. The van der Waals surface area contributed by atoms with Crippen molar-refractivity contribution in [1.29, 1.82) is 0 Å². The summed E-state index contributed by atoms with van der Waals surface area (Å²) in [5, 5.41) is 105. The molecule has 6 aliphatic rings. The number of hydrogen-bond acceptors (Lipinski definition) is 20. The first-order valence-corrected chi connectivity index (χ1v) is 16.2. The minimum atomic E-state index is -1.96. The molecule has 0 aromatic rings. The Hall–Kier alpha value is -0.800. The zero-order chi connectivity index (χ0) is 34.5. The predicted molar refractivity (Wildman–Crippen MR) is 149 cm³/mol. The lowest BCUT2D eigenvalue weighted by atomic mass is 9.88. The largest absolute Gasteiger partial charge is 0.394 e. The first kappa shape index (κ1) is 37.0. The van der Waals surface area contributed by atoms with Crippen molar-refractivity contribution in [2.24, 2.45) is 5.73 Å². The maximum Gasteiger partial charge on any atom is 0.198 e. The number of hydrogen-bond donors (Lipinski definition) is 11. The van der Waals surface area contributed by atoms with Crippen LogP contribution in [0.3, 0.4) is 0 Å². The lowest BCUT2D eigenvalue weighted by Crippen LogP contribution is -2.69. The fourth-order valence-electron chi connectivity index (χ4n) is 7.24. The van der Waals surface area contributed by atoms with Gasteiger partial charge in [-0.1, -0.05) is 0 Å². The Bertz CT molecular complexity index is 1060. The molecule has 20 atom stereocenters. The van der Waals surface area contributed by atoms with Crippen molar-refractivity contribution in [1.82, 2.24) is 0 Å². The molecule has 6 heterocycles. The van der Waals surface area contributed by atoms with Crippen LogP contribution in [0.4, 0.5) is 0 Å². The molecule has 0 amide bonds. The Kier molecular flexibility index (Phi) is 11.6. The van der Waals surface area contributed by atoms with Crippen LogP contribution in [0.1, 0.15) is 19.3 Å². The highest BCUT2D eigenvalue weighted by Crippen LogP contribution is 2.42. The van der Waals surface area contributed by atoms with Gasteiger partial charge < -0.3 is 99.4 Å². The van der Waals surface area contributed by atoms with Gasteiger partial charge in [0.1, 0.15) is 97.7 Å². The minimum absolute atomic E-state index is 0.0171. The number of fused-ring (bicyclic) bond motifs is 4. The highest BCUT2D eigenvalue weighted by Gasteiger charge is 2.61. The number of aliphatic hydroxyl groups is 10. The Balaban J connectivity index is 1.16. The normalized spacial score (nSPS) is 53.7. The maximum absolute atomic E-state index is 11.3. The van der Waals surface area contributed by atoms with Gasteiger partial charge in [0.05, 0.1) is 26.4 Å². The van der Waals surface area contributed by atoms with Crippen LogP contribution in [0.2, 0.25) is 0 Å². The van der Waals surface area contributed by atoms with Gasteiger partial charge in [-0.15, -0.1) is 0 Å². The Morgan fingerprint density at radius 1 is 0.625 bits per heavy atom. The van der Waals surface area contributed by atoms with Crippen LogP contribution in [0.25, 0.3) is 0 Å². The molecule has 20 heteroatoms. The number of aliphatic hydroxyl groups excluding tert-OH is 10. The highest BCUT2D eigenvalue weighted by molar-refractivity contribution is 5.03. The van der Waals surface area contributed by atoms with Gasteiger partial charge in [-0.25, -0.2) is 0 Å². The van der Waals surface area contributed by atoms with E-state index >= 15 is 0 Å². The highest BCUT2D eigenvalue weighted by atomic mass is 16.8. The standard InChI is InChI=1S/C28H47NO19/c29-4-2-1-3-28(24(38)15(34)13(32)10(6-31)47-28)48-20-12-8-41-23(20)18(37)27(44-12)46-21-14(33)9(5-30)43-26(17(21)36)45-19-11-7-40-22(19)16(35)25(39)42-11/h9-27,30-39H,1-8,29H2/t9-,10-,11+,12+,13+,14-,15+,16+,17-,18+,19+,20+,21+,22+,23+,24-,25-,26+,27+,28+/m1/s1. The summed E-state index contributed by atoms with van der Waals surface area (Å²) in [4.78, 5) is 0. The van der Waals surface area contributed by atoms with Gasteiger partial charge in [-0.2, -0.15) is 0 Å². The average Bonchev–Trinajstić information content (AvgIpc) is 3.56. The van der Waals surface area contributed by atoms with Crippen molar-refractivity contribution in [2.45, 2.75) is 142 Å². The third-order valence-corrected chi connectivity index (χ3v) is 9.91. The molecule has 6 rings (SSSR count). The molecule has 12 N–H and O–H groups in total. The van der Waals surface area contributed by atoms with Gasteiger partial charge in [0.25, 0.3) is 0 Å². The van der Waals surface area contributed by atoms with Crippen molar-refractivity contribution in [2.75, 3.05) is 33.0 Å². The summed E-state index contributed by atoms with van der Waals surface area (Å²) in [6, 6.07) is 0. The monoisotopic (exact) mass is 701 g/mol. The molecular weight excluding hydrogens is 654 g/mol. The maximum atomic E-state index is 11.3. The molecule has 48 heavy (non-hydrogen) atoms. The van der Waals surface area contributed by atoms with E-state index in [1.165, 1.54) is 0 Å². The van der Waals surface area contributed by atoms with E-state index in [0.29, 0.717) is 19.4 Å². The molecule has 0 aliphatic carbocycles. The van der Waals surface area contributed by atoms with Crippen LogP contribution >= 0.6 is 0 Å². The SMILES string of the molecule is NCCCC[C@@]1(O[C@@H]2[C@H]3OC[C@@H]2O[C@@H](O[C@@H]2[C@@H](O)[C@H](O[C@@H]4[C@H]5OC[C@@H]4O[C@@H](O)[C@H]5O)O[C@H](CO)[C@H]2O)[C@H]3O)O[C@H](CO)[C@H](O)[C@H](O)[C@H]1O. The molecule has 0 radical (unpaired) electrons. The first-order chi connectivity index (χ1) is 22.9. The molecule has 0 unspecified atom stereocenters. The van der Waals surface area contributed by atoms with E-state index in [1.54, 1.807) is 0 Å². The smallest absolute Gasteiger partial charge is 0.198 e. The van der Waals surface area contributed by atoms with Crippen molar-refractivity contribution in [3.8, 4) is 0 Å². The Morgan fingerprint density at radius 2 is 1.25 bits per heavy atom. The van der Waals surface area contributed by atoms with Gasteiger partial charge in [0.2, 0.25) is 0 Å². The Morgan fingerprint density at radius 3 is 1.92 bits per heavy atom. The van der Waals surface area contributed by atoms with Crippen LogP contribution in [0, 0.1) is 0 Å². The molecular formula is C28H47NO19. The number of unbranched alkanes of at least 4 members (excludes halogenated alkanes) is 1. The minimum Gasteiger partial charge on any atom is -0.394 e. The number of ether oxygens (including phenoxy) is 9. The topological polar surface area (TPSA) is 311 Å². The molecule has 0 saturated carbocycles. The van der Waals surface area contributed by atoms with E-state index in [1.807, 2.05) is 0 Å². The summed E-state index contributed by atoms with van der Waals surface area (Å²) in [6.45, 7) is -1.26. The van der Waals surface area contributed by atoms with Crippen LogP contribution < -0.4 is 5.73 Å². The van der Waals surface area contributed by atoms with Gasteiger partial charge >= 0.3 is 0 Å². The molecule has 0 aromatic carbocycles. The van der Waals surface area contributed by atoms with E-state index in [0.717, 1.165) is 0 Å². The van der Waals surface area contributed by atoms with Gasteiger partial charge in [0, 0.05) is 6.42 Å². The Labute approximate surface area is 274 Å². The summed E-state index contributed by atoms with van der Waals surface area (Å²) in [6.07, 6.45) is -25.7. The molecule has 4 bridgehead atoms. The second-order valence-electron chi connectivity index (χ2n) is 13.0. The van der Waals surface area contributed by atoms with E-state index in [9.17, 15) is 51.1 Å². The quantitative estimate of drug-likeness (QED) is 0.0842. The van der Waals surface area contributed by atoms with Crippen LogP contribution in [0.5, 0.6) is 0 Å². The lowest BCUT2D eigenvalue weighted by molar-refractivity contribution is -0.400. The summed E-state index contributed by atoms with van der Waals surface area (Å²) in [7, 11) is 0. The molecule has 6 saturated heterocycles. The molecule has 20 nitrogen and oxygen atoms in total. The van der Waals surface area contributed by atoms with Crippen LogP contribution in [0.15, 0.2) is 0 Å². The zero-order valence-corrected chi connectivity index (χ0v) is 25.9. The third kappa shape index (κ3) is 6.65. The molecule has 278 valence electrons. The van der Waals surface area contributed by atoms with E-state index in [4.69, 9.17) is 48.4 Å². The summed E-state index contributed by atoms with van der Waals surface area (Å²) in [5.74, 6) is -1.96. The fourth-order valence-corrected chi connectivity index (χ4v) is 7.24.